The van der Waals surface area contributed by atoms with Crippen LogP contribution in [0.5, 0.6) is 0 Å². The van der Waals surface area contributed by atoms with Gasteiger partial charge in [0.05, 0.1) is 0 Å². The molecule has 1 atom stereocenters. The van der Waals surface area contributed by atoms with Crippen molar-refractivity contribution in [3.05, 3.63) is 134 Å². The third kappa shape index (κ3) is 66.2. The monoisotopic (exact) mass is 1120 g/mol. The SMILES string of the molecule is CC/C=C\C/C=C\C/C=C\C/C=C\C/C=C\C/C=C\CCCCCCCCCCCCCCCCCCC(=O)OCC(COC(=O)CCCCCCC/C=C\CCCC)OC(=O)CCCCCC/C=C\C/C=C\C/C=C\C/C=C\CC. The molecule has 0 fully saturated rings. The Morgan fingerprint density at radius 1 is 0.259 bits per heavy atom. The van der Waals surface area contributed by atoms with Gasteiger partial charge in [0.1, 0.15) is 13.2 Å². The smallest absolute Gasteiger partial charge is 0.306 e. The van der Waals surface area contributed by atoms with Gasteiger partial charge in [0.25, 0.3) is 0 Å². The van der Waals surface area contributed by atoms with Crippen LogP contribution in [0.15, 0.2) is 134 Å². The van der Waals surface area contributed by atoms with Crippen LogP contribution in [0.2, 0.25) is 0 Å². The molecule has 0 aromatic rings. The van der Waals surface area contributed by atoms with Crippen LogP contribution in [0.1, 0.15) is 303 Å². The van der Waals surface area contributed by atoms with E-state index in [1.165, 1.54) is 116 Å². The number of carbonyl (C=O) groups is 3. The Bertz CT molecular complexity index is 1720. The molecule has 0 saturated heterocycles. The van der Waals surface area contributed by atoms with Crippen LogP contribution in [0.25, 0.3) is 0 Å². The second-order valence-electron chi connectivity index (χ2n) is 22.0. The molecule has 0 rings (SSSR count). The van der Waals surface area contributed by atoms with Crippen LogP contribution < -0.4 is 0 Å². The van der Waals surface area contributed by atoms with Crippen molar-refractivity contribution in [3.63, 3.8) is 0 Å². The second kappa shape index (κ2) is 68.1. The number of ether oxygens (including phenoxy) is 3. The Kier molecular flexibility index (Phi) is 64.3. The highest BCUT2D eigenvalue weighted by molar-refractivity contribution is 5.71. The highest BCUT2D eigenvalue weighted by atomic mass is 16.6. The number of rotatable bonds is 60. The molecule has 0 heterocycles. The number of esters is 3. The van der Waals surface area contributed by atoms with Gasteiger partial charge in [-0.15, -0.1) is 0 Å². The normalized spacial score (nSPS) is 13.0. The summed E-state index contributed by atoms with van der Waals surface area (Å²) in [6, 6.07) is 0. The molecular formula is C75H124O6. The molecule has 0 aromatic carbocycles. The fourth-order valence-electron chi connectivity index (χ4n) is 9.13. The van der Waals surface area contributed by atoms with E-state index in [4.69, 9.17) is 14.2 Å². The van der Waals surface area contributed by atoms with Crippen LogP contribution >= 0.6 is 0 Å². The summed E-state index contributed by atoms with van der Waals surface area (Å²) in [5.41, 5.74) is 0. The first-order chi connectivity index (χ1) is 40.0. The lowest BCUT2D eigenvalue weighted by Gasteiger charge is -2.18. The fraction of sp³-hybridized carbons (Fsp3) is 0.667. The van der Waals surface area contributed by atoms with Gasteiger partial charge in [-0.05, 0) is 128 Å². The minimum atomic E-state index is -0.797. The molecule has 0 bridgehead atoms. The van der Waals surface area contributed by atoms with E-state index in [1.54, 1.807) is 0 Å². The lowest BCUT2D eigenvalue weighted by Crippen LogP contribution is -2.30. The summed E-state index contributed by atoms with van der Waals surface area (Å²) in [6.45, 7) is 6.36. The summed E-state index contributed by atoms with van der Waals surface area (Å²) in [4.78, 5) is 38.3. The van der Waals surface area contributed by atoms with Crippen molar-refractivity contribution in [3.8, 4) is 0 Å². The number of carbonyl (C=O) groups excluding carboxylic acids is 3. The molecule has 0 aliphatic heterocycles. The zero-order chi connectivity index (χ0) is 58.5. The minimum Gasteiger partial charge on any atom is -0.462 e. The molecule has 0 radical (unpaired) electrons. The van der Waals surface area contributed by atoms with Crippen molar-refractivity contribution < 1.29 is 28.6 Å². The van der Waals surface area contributed by atoms with E-state index in [2.05, 4.69) is 154 Å². The van der Waals surface area contributed by atoms with E-state index in [1.807, 2.05) is 0 Å². The molecule has 0 aliphatic carbocycles. The van der Waals surface area contributed by atoms with Gasteiger partial charge in [-0.2, -0.15) is 0 Å². The van der Waals surface area contributed by atoms with Crippen LogP contribution in [-0.2, 0) is 28.6 Å². The number of hydrogen-bond acceptors (Lipinski definition) is 6. The zero-order valence-electron chi connectivity index (χ0n) is 52.8. The lowest BCUT2D eigenvalue weighted by atomic mass is 10.0. The Morgan fingerprint density at radius 3 is 0.765 bits per heavy atom. The standard InChI is InChI=1S/C75H124O6/c1-4-7-10-13-16-19-22-24-26-28-29-30-31-32-33-34-35-36-37-38-39-40-41-42-43-44-45-47-48-50-53-56-59-62-65-68-74(77)80-71-72(70-79-73(76)67-64-61-58-55-52-21-18-15-12-9-6-3)81-75(78)69-66-63-60-57-54-51-49-46-27-25-23-20-17-14-11-8-5-2/h7-8,10-11,15-20,24-27,29-30,32-33,35-36,49,51,72H,4-6,9,12-14,21-23,28,31,34,37-48,50,52-71H2,1-3H3/b10-7-,11-8-,18-15-,19-16-,20-17-,26-24-,27-25-,30-29-,33-32-,36-35-,51-49-. The van der Waals surface area contributed by atoms with Crippen molar-refractivity contribution in [2.45, 2.75) is 309 Å². The molecular weight excluding hydrogens is 997 g/mol. The molecule has 1 unspecified atom stereocenters. The average Bonchev–Trinajstić information content (AvgIpc) is 3.47. The van der Waals surface area contributed by atoms with Crippen LogP contribution in [0.4, 0.5) is 0 Å². The first-order valence-electron chi connectivity index (χ1n) is 33.7. The molecule has 460 valence electrons. The summed E-state index contributed by atoms with van der Waals surface area (Å²) >= 11 is 0. The van der Waals surface area contributed by atoms with E-state index in [0.717, 1.165) is 148 Å². The number of allylic oxidation sites excluding steroid dienone is 22. The predicted octanol–water partition coefficient (Wildman–Crippen LogP) is 23.3. The fourth-order valence-corrected chi connectivity index (χ4v) is 9.13. The molecule has 0 spiro atoms. The predicted molar refractivity (Wildman–Crippen MR) is 353 cm³/mol. The maximum Gasteiger partial charge on any atom is 0.306 e. The Labute approximate surface area is 500 Å². The van der Waals surface area contributed by atoms with Crippen molar-refractivity contribution in [2.75, 3.05) is 13.2 Å². The van der Waals surface area contributed by atoms with Gasteiger partial charge in [-0.1, -0.05) is 289 Å². The molecule has 81 heavy (non-hydrogen) atoms. The Balaban J connectivity index is 4.16. The Morgan fingerprint density at radius 2 is 0.481 bits per heavy atom. The highest BCUT2D eigenvalue weighted by Gasteiger charge is 2.19. The molecule has 6 nitrogen and oxygen atoms in total. The van der Waals surface area contributed by atoms with Gasteiger partial charge in [0, 0.05) is 19.3 Å². The van der Waals surface area contributed by atoms with Gasteiger partial charge in [-0.3, -0.25) is 14.4 Å². The Hall–Kier alpha value is -4.45. The average molecular weight is 1120 g/mol. The van der Waals surface area contributed by atoms with E-state index >= 15 is 0 Å². The second-order valence-corrected chi connectivity index (χ2v) is 22.0. The van der Waals surface area contributed by atoms with Crippen LogP contribution in [-0.4, -0.2) is 37.2 Å². The van der Waals surface area contributed by atoms with Gasteiger partial charge in [0.15, 0.2) is 6.10 Å². The molecule has 0 amide bonds. The lowest BCUT2D eigenvalue weighted by molar-refractivity contribution is -0.167. The van der Waals surface area contributed by atoms with E-state index in [0.29, 0.717) is 19.3 Å². The minimum absolute atomic E-state index is 0.0913. The summed E-state index contributed by atoms with van der Waals surface area (Å²) in [5.74, 6) is -0.921. The third-order valence-electron chi connectivity index (χ3n) is 14.1. The van der Waals surface area contributed by atoms with Gasteiger partial charge < -0.3 is 14.2 Å². The molecule has 0 saturated carbocycles. The van der Waals surface area contributed by atoms with E-state index < -0.39 is 6.10 Å². The van der Waals surface area contributed by atoms with Crippen molar-refractivity contribution in [1.29, 1.82) is 0 Å². The molecule has 6 heteroatoms. The van der Waals surface area contributed by atoms with Gasteiger partial charge in [-0.25, -0.2) is 0 Å². The molecule has 0 aliphatic rings. The first kappa shape index (κ1) is 76.5. The highest BCUT2D eigenvalue weighted by Crippen LogP contribution is 2.16. The van der Waals surface area contributed by atoms with Crippen LogP contribution in [0.3, 0.4) is 0 Å². The summed E-state index contributed by atoms with van der Waals surface area (Å²) in [5, 5.41) is 0. The molecule has 0 N–H and O–H groups in total. The summed E-state index contributed by atoms with van der Waals surface area (Å²) < 4.78 is 16.9. The van der Waals surface area contributed by atoms with Gasteiger partial charge in [0.2, 0.25) is 0 Å². The van der Waals surface area contributed by atoms with Crippen molar-refractivity contribution in [2.24, 2.45) is 0 Å². The largest absolute Gasteiger partial charge is 0.462 e. The number of hydrogen-bond donors (Lipinski definition) is 0. The quantitative estimate of drug-likeness (QED) is 0.0261. The summed E-state index contributed by atoms with van der Waals surface area (Å²) in [7, 11) is 0. The van der Waals surface area contributed by atoms with Crippen molar-refractivity contribution in [1.82, 2.24) is 0 Å². The summed E-state index contributed by atoms with van der Waals surface area (Å²) in [6.07, 6.45) is 96.3. The number of unbranched alkanes of at least 4 members (excludes halogenated alkanes) is 27. The first-order valence-corrected chi connectivity index (χ1v) is 33.7. The van der Waals surface area contributed by atoms with Crippen molar-refractivity contribution >= 4 is 17.9 Å². The van der Waals surface area contributed by atoms with Gasteiger partial charge >= 0.3 is 17.9 Å². The van der Waals surface area contributed by atoms with E-state index in [9.17, 15) is 14.4 Å². The molecule has 0 aromatic heterocycles. The van der Waals surface area contributed by atoms with Crippen LogP contribution in [0, 0.1) is 0 Å². The maximum absolute atomic E-state index is 12.9. The topological polar surface area (TPSA) is 78.9 Å². The van der Waals surface area contributed by atoms with E-state index in [-0.39, 0.29) is 31.1 Å². The third-order valence-corrected chi connectivity index (χ3v) is 14.1. The maximum atomic E-state index is 12.9. The zero-order valence-corrected chi connectivity index (χ0v) is 52.8.